The molecule has 0 amide bonds. The molecule has 66 heavy (non-hydrogen) atoms. The number of nitrogens with zero attached hydrogens (tertiary/aromatic N) is 2. The molecule has 0 fully saturated rings. The second-order valence-electron chi connectivity index (χ2n) is 16.9. The van der Waals surface area contributed by atoms with Gasteiger partial charge in [0, 0.05) is 33.5 Å². The summed E-state index contributed by atoms with van der Waals surface area (Å²) in [5, 5.41) is 4.91. The summed E-state index contributed by atoms with van der Waals surface area (Å²) >= 11 is 0. The lowest BCUT2D eigenvalue weighted by atomic mass is 9.92. The van der Waals surface area contributed by atoms with Crippen molar-refractivity contribution < 1.29 is 0 Å². The normalized spacial score (nSPS) is 11.3. The molecular weight excluding hydrogens is 797 g/mol. The van der Waals surface area contributed by atoms with E-state index in [-0.39, 0.29) is 0 Å². The van der Waals surface area contributed by atoms with Crippen LogP contribution < -0.4 is 4.90 Å². The van der Waals surface area contributed by atoms with Gasteiger partial charge < -0.3 is 9.47 Å². The molecule has 0 spiro atoms. The van der Waals surface area contributed by atoms with Gasteiger partial charge in [0.2, 0.25) is 0 Å². The Morgan fingerprint density at radius 1 is 0.258 bits per heavy atom. The van der Waals surface area contributed by atoms with Crippen LogP contribution in [-0.4, -0.2) is 4.57 Å². The Labute approximate surface area is 385 Å². The van der Waals surface area contributed by atoms with E-state index in [2.05, 4.69) is 276 Å². The minimum Gasteiger partial charge on any atom is -0.310 e. The van der Waals surface area contributed by atoms with Crippen LogP contribution in [0.15, 0.2) is 267 Å². The molecule has 0 aliphatic carbocycles. The van der Waals surface area contributed by atoms with E-state index in [9.17, 15) is 0 Å². The molecule has 310 valence electrons. The summed E-state index contributed by atoms with van der Waals surface area (Å²) in [5.74, 6) is 0. The highest BCUT2D eigenvalue weighted by Gasteiger charge is 2.22. The van der Waals surface area contributed by atoms with Crippen molar-refractivity contribution in [3.63, 3.8) is 0 Å². The summed E-state index contributed by atoms with van der Waals surface area (Å²) < 4.78 is 2.42. The zero-order chi connectivity index (χ0) is 43.8. The van der Waals surface area contributed by atoms with Gasteiger partial charge in [0.25, 0.3) is 0 Å². The van der Waals surface area contributed by atoms with Crippen molar-refractivity contribution in [2.45, 2.75) is 0 Å². The fourth-order valence-electron chi connectivity index (χ4n) is 9.84. The van der Waals surface area contributed by atoms with Gasteiger partial charge in [0.15, 0.2) is 0 Å². The van der Waals surface area contributed by atoms with E-state index in [1.165, 1.54) is 71.5 Å². The van der Waals surface area contributed by atoms with Crippen molar-refractivity contribution in [1.82, 2.24) is 4.57 Å². The van der Waals surface area contributed by atoms with Crippen LogP contribution in [0.25, 0.3) is 93.9 Å². The van der Waals surface area contributed by atoms with E-state index in [1.807, 2.05) is 0 Å². The van der Waals surface area contributed by atoms with E-state index in [0.29, 0.717) is 0 Å². The Morgan fingerprint density at radius 3 is 1.38 bits per heavy atom. The third-order valence-electron chi connectivity index (χ3n) is 12.9. The number of para-hydroxylation sites is 2. The van der Waals surface area contributed by atoms with Crippen LogP contribution in [-0.2, 0) is 0 Å². The molecule has 1 heterocycles. The van der Waals surface area contributed by atoms with E-state index in [4.69, 9.17) is 0 Å². The Balaban J connectivity index is 1.08. The molecule has 11 aromatic carbocycles. The van der Waals surface area contributed by atoms with Crippen molar-refractivity contribution >= 4 is 49.6 Å². The first-order valence-electron chi connectivity index (χ1n) is 22.7. The molecule has 2 nitrogen and oxygen atoms in total. The van der Waals surface area contributed by atoms with Gasteiger partial charge in [0.05, 0.1) is 11.0 Å². The summed E-state index contributed by atoms with van der Waals surface area (Å²) in [7, 11) is 0. The zero-order valence-electron chi connectivity index (χ0n) is 36.3. The van der Waals surface area contributed by atoms with Crippen LogP contribution >= 0.6 is 0 Å². The van der Waals surface area contributed by atoms with Crippen LogP contribution in [0.5, 0.6) is 0 Å². The lowest BCUT2D eigenvalue weighted by Crippen LogP contribution is -2.10. The Morgan fingerprint density at radius 2 is 0.727 bits per heavy atom. The number of aromatic nitrogens is 1. The maximum Gasteiger partial charge on any atom is 0.0553 e. The number of hydrogen-bond donors (Lipinski definition) is 0. The molecular formula is C64H44N2. The first-order valence-corrected chi connectivity index (χ1v) is 22.7. The lowest BCUT2D eigenvalue weighted by Gasteiger charge is -2.28. The standard InChI is InChI=1S/C64H44N2/c1-5-19-45(20-6-1)49-26-17-27-50(39-49)48-35-37-56(38-36-48)65(58-42-53(46-21-7-2-8-22-46)40-54(43-58)47-23-9-3-10-24-47)57-31-18-28-52(41-57)63-59-32-14-13-25-51(59)44-62-64(63)60-33-15-16-34-61(60)66(62)55-29-11-4-12-30-55/h1-44H. The first kappa shape index (κ1) is 38.9. The van der Waals surface area contributed by atoms with E-state index < -0.39 is 0 Å². The van der Waals surface area contributed by atoms with Gasteiger partial charge in [-0.1, -0.05) is 194 Å². The van der Waals surface area contributed by atoms with Crippen LogP contribution in [0.1, 0.15) is 0 Å². The number of hydrogen-bond acceptors (Lipinski definition) is 1. The largest absolute Gasteiger partial charge is 0.310 e. The van der Waals surface area contributed by atoms with E-state index in [1.54, 1.807) is 0 Å². The van der Waals surface area contributed by atoms with Gasteiger partial charge in [-0.2, -0.15) is 0 Å². The molecule has 1 aromatic heterocycles. The summed E-state index contributed by atoms with van der Waals surface area (Å²) in [5.41, 5.74) is 18.6. The maximum atomic E-state index is 2.43. The smallest absolute Gasteiger partial charge is 0.0553 e. The zero-order valence-corrected chi connectivity index (χ0v) is 36.3. The number of anilines is 3. The molecule has 12 aromatic rings. The molecule has 0 saturated carbocycles. The predicted molar refractivity (Wildman–Crippen MR) is 280 cm³/mol. The van der Waals surface area contributed by atoms with Crippen LogP contribution in [0.4, 0.5) is 17.1 Å². The molecule has 12 rings (SSSR count). The molecule has 0 aliphatic heterocycles. The Hall–Kier alpha value is -8.72. The molecule has 0 unspecified atom stereocenters. The van der Waals surface area contributed by atoms with Crippen molar-refractivity contribution in [2.24, 2.45) is 0 Å². The quantitative estimate of drug-likeness (QED) is 0.141. The molecule has 0 atom stereocenters. The average Bonchev–Trinajstić information content (AvgIpc) is 3.73. The van der Waals surface area contributed by atoms with Crippen molar-refractivity contribution in [3.8, 4) is 61.3 Å². The summed E-state index contributed by atoms with van der Waals surface area (Å²) in [6.07, 6.45) is 0. The third kappa shape index (κ3) is 7.12. The number of fused-ring (bicyclic) bond motifs is 4. The summed E-state index contributed by atoms with van der Waals surface area (Å²) in [4.78, 5) is 2.43. The van der Waals surface area contributed by atoms with Gasteiger partial charge in [0.1, 0.15) is 0 Å². The second kappa shape index (κ2) is 16.8. The van der Waals surface area contributed by atoms with Gasteiger partial charge in [-0.15, -0.1) is 0 Å². The lowest BCUT2D eigenvalue weighted by molar-refractivity contribution is 1.18. The Kier molecular flexibility index (Phi) is 9.89. The van der Waals surface area contributed by atoms with Gasteiger partial charge in [-0.05, 0) is 139 Å². The van der Waals surface area contributed by atoms with Crippen LogP contribution in [0.2, 0.25) is 0 Å². The average molecular weight is 841 g/mol. The summed E-state index contributed by atoms with van der Waals surface area (Å²) in [6.45, 7) is 0. The predicted octanol–water partition coefficient (Wildman–Crippen LogP) is 17.7. The molecule has 0 N–H and O–H groups in total. The molecule has 2 heteroatoms. The fraction of sp³-hybridized carbons (Fsp3) is 0. The van der Waals surface area contributed by atoms with E-state index in [0.717, 1.165) is 39.4 Å². The second-order valence-corrected chi connectivity index (χ2v) is 16.9. The van der Waals surface area contributed by atoms with Crippen molar-refractivity contribution in [2.75, 3.05) is 4.90 Å². The Bertz CT molecular complexity index is 3610. The van der Waals surface area contributed by atoms with Crippen molar-refractivity contribution in [1.29, 1.82) is 0 Å². The van der Waals surface area contributed by atoms with E-state index >= 15 is 0 Å². The first-order chi connectivity index (χ1) is 32.7. The minimum absolute atomic E-state index is 1.07. The SMILES string of the molecule is c1ccc(-c2cccc(-c3ccc(N(c4cc(-c5ccccc5)cc(-c5ccccc5)c4)c4cccc(-c5c6ccccc6cc6c5c5ccccc5n6-c5ccccc5)c4)cc3)c2)cc1. The number of benzene rings is 11. The third-order valence-corrected chi connectivity index (χ3v) is 12.9. The number of rotatable bonds is 9. The van der Waals surface area contributed by atoms with Crippen LogP contribution in [0, 0.1) is 0 Å². The topological polar surface area (TPSA) is 8.17 Å². The highest BCUT2D eigenvalue weighted by Crippen LogP contribution is 2.46. The molecule has 0 saturated heterocycles. The maximum absolute atomic E-state index is 2.43. The minimum atomic E-state index is 1.07. The van der Waals surface area contributed by atoms with Crippen molar-refractivity contribution in [3.05, 3.63) is 267 Å². The van der Waals surface area contributed by atoms with Gasteiger partial charge in [-0.3, -0.25) is 0 Å². The van der Waals surface area contributed by atoms with Gasteiger partial charge in [-0.25, -0.2) is 0 Å². The molecule has 0 radical (unpaired) electrons. The van der Waals surface area contributed by atoms with Gasteiger partial charge >= 0.3 is 0 Å². The molecule has 0 bridgehead atoms. The monoisotopic (exact) mass is 840 g/mol. The summed E-state index contributed by atoms with van der Waals surface area (Å²) in [6, 6.07) is 97.0. The highest BCUT2D eigenvalue weighted by molar-refractivity contribution is 6.23. The van der Waals surface area contributed by atoms with Crippen LogP contribution in [0.3, 0.4) is 0 Å². The highest BCUT2D eigenvalue weighted by atomic mass is 15.1. The fourth-order valence-corrected chi connectivity index (χ4v) is 9.84. The molecule has 0 aliphatic rings.